The molecule has 1 aromatic rings. The first-order chi connectivity index (χ1) is 7.97. The van der Waals surface area contributed by atoms with Crippen molar-refractivity contribution in [2.24, 2.45) is 0 Å². The Bertz CT molecular complexity index is 407. The maximum absolute atomic E-state index is 11.9. The minimum Gasteiger partial charge on any atom is -0.455 e. The molecule has 7 heteroatoms. The number of esters is 1. The van der Waals surface area contributed by atoms with Crippen LogP contribution in [0.2, 0.25) is 0 Å². The molecule has 1 fully saturated rings. The monoisotopic (exact) mass is 256 g/mol. The van der Waals surface area contributed by atoms with Crippen molar-refractivity contribution in [3.63, 3.8) is 0 Å². The summed E-state index contributed by atoms with van der Waals surface area (Å²) >= 11 is 1.71. The second-order valence-electron chi connectivity index (χ2n) is 4.76. The fourth-order valence-electron chi connectivity index (χ4n) is 1.50. The van der Waals surface area contributed by atoms with Crippen molar-refractivity contribution in [3.05, 3.63) is 11.4 Å². The Balaban J connectivity index is 2.15. The van der Waals surface area contributed by atoms with E-state index in [0.717, 1.165) is 12.3 Å². The van der Waals surface area contributed by atoms with Crippen LogP contribution in [0.25, 0.3) is 0 Å². The second-order valence-corrected chi connectivity index (χ2v) is 5.98. The normalized spacial score (nSPS) is 20.5. The summed E-state index contributed by atoms with van der Waals surface area (Å²) in [6.07, 6.45) is 0. The molecule has 1 aliphatic rings. The molecule has 0 aromatic carbocycles. The summed E-state index contributed by atoms with van der Waals surface area (Å²) in [7, 11) is 0. The van der Waals surface area contributed by atoms with Crippen molar-refractivity contribution < 1.29 is 9.53 Å². The number of nitrogens with one attached hydrogen (secondary N) is 2. The number of nitrogens with zero attached hydrogens (tertiary/aromatic N) is 2. The van der Waals surface area contributed by atoms with Crippen LogP contribution in [0.1, 0.15) is 42.3 Å². The predicted octanol–water partition coefficient (Wildman–Crippen LogP) is 1.09. The number of hydrogen-bond donors (Lipinski definition) is 2. The summed E-state index contributed by atoms with van der Waals surface area (Å²) in [4.78, 5) is 11.9. The molecule has 0 radical (unpaired) electrons. The molecule has 0 aliphatic carbocycles. The van der Waals surface area contributed by atoms with Gasteiger partial charge in [-0.2, -0.15) is 10.3 Å². The number of H-pyrrole nitrogens is 1. The lowest BCUT2D eigenvalue weighted by Gasteiger charge is -2.19. The van der Waals surface area contributed by atoms with Gasteiger partial charge in [0.15, 0.2) is 5.69 Å². The Labute approximate surface area is 104 Å². The zero-order valence-corrected chi connectivity index (χ0v) is 10.9. The maximum atomic E-state index is 11.9. The Morgan fingerprint density at radius 2 is 2.24 bits per heavy atom. The van der Waals surface area contributed by atoms with Gasteiger partial charge in [-0.15, -0.1) is 16.9 Å². The quantitative estimate of drug-likeness (QED) is 0.771. The zero-order chi connectivity index (χ0) is 12.5. The van der Waals surface area contributed by atoms with Crippen molar-refractivity contribution in [1.29, 1.82) is 0 Å². The van der Waals surface area contributed by atoms with E-state index >= 15 is 0 Å². The van der Waals surface area contributed by atoms with E-state index in [9.17, 15) is 4.79 Å². The van der Waals surface area contributed by atoms with E-state index in [2.05, 4.69) is 20.7 Å². The number of aromatic nitrogens is 3. The summed E-state index contributed by atoms with van der Waals surface area (Å²) in [6.45, 7) is 6.39. The van der Waals surface area contributed by atoms with Gasteiger partial charge < -0.3 is 4.74 Å². The van der Waals surface area contributed by atoms with Crippen LogP contribution in [0.4, 0.5) is 0 Å². The van der Waals surface area contributed by atoms with Crippen LogP contribution in [0, 0.1) is 0 Å². The molecule has 1 aromatic heterocycles. The summed E-state index contributed by atoms with van der Waals surface area (Å²) in [5.74, 6) is 0.571. The molecule has 0 saturated carbocycles. The van der Waals surface area contributed by atoms with E-state index < -0.39 is 11.6 Å². The third kappa shape index (κ3) is 2.98. The molecule has 1 atom stereocenters. The van der Waals surface area contributed by atoms with Crippen LogP contribution in [0.5, 0.6) is 0 Å². The average Bonchev–Trinajstić information content (AvgIpc) is 2.85. The molecule has 2 rings (SSSR count). The lowest BCUT2D eigenvalue weighted by atomic mass is 10.2. The molecule has 6 nitrogen and oxygen atoms in total. The van der Waals surface area contributed by atoms with Gasteiger partial charge in [0.05, 0.1) is 0 Å². The zero-order valence-electron chi connectivity index (χ0n) is 10.1. The summed E-state index contributed by atoms with van der Waals surface area (Å²) < 4.78 is 5.28. The number of thioether (sulfide) groups is 1. The third-order valence-corrected chi connectivity index (χ3v) is 3.29. The van der Waals surface area contributed by atoms with Gasteiger partial charge in [0.2, 0.25) is 0 Å². The molecule has 2 N–H and O–H groups in total. The van der Waals surface area contributed by atoms with Gasteiger partial charge in [-0.1, -0.05) is 0 Å². The number of aromatic amines is 1. The van der Waals surface area contributed by atoms with Crippen molar-refractivity contribution in [2.75, 3.05) is 12.3 Å². The highest BCUT2D eigenvalue weighted by molar-refractivity contribution is 7.99. The number of ether oxygens (including phenoxy) is 1. The molecular weight excluding hydrogens is 240 g/mol. The van der Waals surface area contributed by atoms with Crippen LogP contribution in [-0.2, 0) is 4.74 Å². The summed E-state index contributed by atoms with van der Waals surface area (Å²) in [5, 5.41) is 13.7. The highest BCUT2D eigenvalue weighted by Crippen LogP contribution is 2.30. The highest BCUT2D eigenvalue weighted by Gasteiger charge is 2.29. The molecule has 1 unspecified atom stereocenters. The van der Waals surface area contributed by atoms with Gasteiger partial charge in [0.1, 0.15) is 16.7 Å². The number of carbonyl (C=O) groups excluding carboxylic acids is 1. The van der Waals surface area contributed by atoms with Crippen LogP contribution < -0.4 is 5.32 Å². The Morgan fingerprint density at radius 1 is 1.47 bits per heavy atom. The van der Waals surface area contributed by atoms with E-state index in [0.29, 0.717) is 5.69 Å². The van der Waals surface area contributed by atoms with Gasteiger partial charge in [-0.05, 0) is 20.8 Å². The van der Waals surface area contributed by atoms with E-state index in [4.69, 9.17) is 4.74 Å². The van der Waals surface area contributed by atoms with Gasteiger partial charge >= 0.3 is 5.97 Å². The first kappa shape index (κ1) is 12.4. The topological polar surface area (TPSA) is 79.9 Å². The molecule has 0 amide bonds. The van der Waals surface area contributed by atoms with Crippen LogP contribution in [0.3, 0.4) is 0 Å². The smallest absolute Gasteiger partial charge is 0.361 e. The second kappa shape index (κ2) is 4.66. The maximum Gasteiger partial charge on any atom is 0.361 e. The lowest BCUT2D eigenvalue weighted by Crippen LogP contribution is -2.25. The van der Waals surface area contributed by atoms with Crippen molar-refractivity contribution in [1.82, 2.24) is 20.7 Å². The summed E-state index contributed by atoms with van der Waals surface area (Å²) in [6, 6.07) is 0. The molecule has 17 heavy (non-hydrogen) atoms. The Hall–Kier alpha value is -1.08. The largest absolute Gasteiger partial charge is 0.455 e. The van der Waals surface area contributed by atoms with E-state index in [1.165, 1.54) is 0 Å². The molecule has 0 spiro atoms. The van der Waals surface area contributed by atoms with E-state index in [1.54, 1.807) is 11.8 Å². The van der Waals surface area contributed by atoms with Crippen LogP contribution >= 0.6 is 11.8 Å². The van der Waals surface area contributed by atoms with Gasteiger partial charge in [0, 0.05) is 12.3 Å². The summed E-state index contributed by atoms with van der Waals surface area (Å²) in [5.41, 5.74) is 0.373. The van der Waals surface area contributed by atoms with Crippen LogP contribution in [-0.4, -0.2) is 39.3 Å². The molecule has 94 valence electrons. The lowest BCUT2D eigenvalue weighted by molar-refractivity contribution is 0.00614. The predicted molar refractivity (Wildman–Crippen MR) is 64.8 cm³/mol. The number of rotatable bonds is 2. The third-order valence-electron chi connectivity index (χ3n) is 2.13. The number of carbonyl (C=O) groups is 1. The highest BCUT2D eigenvalue weighted by atomic mass is 32.2. The fraction of sp³-hybridized carbons (Fsp3) is 0.700. The number of hydrogen-bond acceptors (Lipinski definition) is 6. The van der Waals surface area contributed by atoms with E-state index in [-0.39, 0.29) is 11.1 Å². The Kier molecular flexibility index (Phi) is 3.39. The van der Waals surface area contributed by atoms with E-state index in [1.807, 2.05) is 20.8 Å². The Morgan fingerprint density at radius 3 is 2.82 bits per heavy atom. The molecule has 1 saturated heterocycles. The van der Waals surface area contributed by atoms with Gasteiger partial charge in [-0.25, -0.2) is 4.79 Å². The minimum atomic E-state index is -0.524. The van der Waals surface area contributed by atoms with Crippen molar-refractivity contribution in [2.45, 2.75) is 31.7 Å². The SMILES string of the molecule is CC(C)(C)OC(=O)c1n[nH]nc1C1NCCS1. The average molecular weight is 256 g/mol. The fourth-order valence-corrected chi connectivity index (χ4v) is 2.53. The minimum absolute atomic E-state index is 0.0243. The first-order valence-electron chi connectivity index (χ1n) is 5.46. The van der Waals surface area contributed by atoms with Gasteiger partial charge in [0.25, 0.3) is 0 Å². The van der Waals surface area contributed by atoms with Crippen molar-refractivity contribution in [3.8, 4) is 0 Å². The van der Waals surface area contributed by atoms with Crippen molar-refractivity contribution >= 4 is 17.7 Å². The molecule has 0 bridgehead atoms. The van der Waals surface area contributed by atoms with Crippen LogP contribution in [0.15, 0.2) is 0 Å². The standard InChI is InChI=1S/C10H16N4O2S/c1-10(2,3)16-9(15)7-6(12-14-13-7)8-11-4-5-17-8/h8,11H,4-5H2,1-3H3,(H,12,13,14). The molecule has 1 aliphatic heterocycles. The first-order valence-corrected chi connectivity index (χ1v) is 6.51. The van der Waals surface area contributed by atoms with Gasteiger partial charge in [-0.3, -0.25) is 5.32 Å². The molecule has 2 heterocycles. The molecular formula is C10H16N4O2S.